The van der Waals surface area contributed by atoms with Gasteiger partial charge in [0.15, 0.2) is 4.34 Å². The molecule has 0 aliphatic heterocycles. The van der Waals surface area contributed by atoms with Crippen LogP contribution in [0.15, 0.2) is 46.8 Å². The third-order valence-corrected chi connectivity index (χ3v) is 6.22. The lowest BCUT2D eigenvalue weighted by atomic mass is 10.3. The molecule has 0 radical (unpaired) electrons. The van der Waals surface area contributed by atoms with Crippen molar-refractivity contribution >= 4 is 62.4 Å². The Morgan fingerprint density at radius 3 is 2.72 bits per heavy atom. The Morgan fingerprint density at radius 1 is 1.17 bits per heavy atom. The largest absolute Gasteiger partial charge is 0.492 e. The zero-order valence-electron chi connectivity index (χ0n) is 15.7. The Hall–Kier alpha value is -2.29. The van der Waals surface area contributed by atoms with E-state index in [2.05, 4.69) is 15.6 Å². The minimum Gasteiger partial charge on any atom is -0.492 e. The number of amides is 2. The van der Waals surface area contributed by atoms with Crippen molar-refractivity contribution in [1.29, 1.82) is 0 Å². The average molecular weight is 450 g/mol. The van der Waals surface area contributed by atoms with Gasteiger partial charge in [-0.3, -0.25) is 9.59 Å². The SMILES string of the molecule is CCC(=O)Nc1ccc2nc(SCC(=O)NCCOc3ccc(Cl)cc3)sc2c1. The number of thiazole rings is 1. The van der Waals surface area contributed by atoms with Crippen molar-refractivity contribution in [2.75, 3.05) is 24.2 Å². The Balaban J connectivity index is 1.42. The molecule has 0 saturated heterocycles. The summed E-state index contributed by atoms with van der Waals surface area (Å²) in [5, 5.41) is 6.31. The zero-order valence-corrected chi connectivity index (χ0v) is 18.1. The maximum Gasteiger partial charge on any atom is 0.230 e. The first-order valence-electron chi connectivity index (χ1n) is 9.02. The average Bonchev–Trinajstić information content (AvgIpc) is 3.13. The van der Waals surface area contributed by atoms with Crippen LogP contribution in [0.1, 0.15) is 13.3 Å². The summed E-state index contributed by atoms with van der Waals surface area (Å²) in [6.45, 7) is 2.61. The van der Waals surface area contributed by atoms with Gasteiger partial charge in [-0.2, -0.15) is 0 Å². The van der Waals surface area contributed by atoms with Crippen molar-refractivity contribution in [2.45, 2.75) is 17.7 Å². The summed E-state index contributed by atoms with van der Waals surface area (Å²) in [6, 6.07) is 12.7. The summed E-state index contributed by atoms with van der Waals surface area (Å²) < 4.78 is 7.32. The number of carbonyl (C=O) groups is 2. The fraction of sp³-hybridized carbons (Fsp3) is 0.250. The number of ether oxygens (including phenoxy) is 1. The molecule has 0 atom stereocenters. The molecule has 1 heterocycles. The van der Waals surface area contributed by atoms with Gasteiger partial charge in [-0.25, -0.2) is 4.98 Å². The fourth-order valence-electron chi connectivity index (χ4n) is 2.36. The summed E-state index contributed by atoms with van der Waals surface area (Å²) in [5.74, 6) is 0.882. The molecule has 0 saturated carbocycles. The highest BCUT2D eigenvalue weighted by Gasteiger charge is 2.09. The van der Waals surface area contributed by atoms with E-state index in [4.69, 9.17) is 16.3 Å². The summed E-state index contributed by atoms with van der Waals surface area (Å²) in [5.41, 5.74) is 1.60. The molecule has 0 unspecified atom stereocenters. The molecule has 1 aromatic heterocycles. The van der Waals surface area contributed by atoms with Gasteiger partial charge in [0.25, 0.3) is 0 Å². The third kappa shape index (κ3) is 6.62. The number of aromatic nitrogens is 1. The van der Waals surface area contributed by atoms with Crippen molar-refractivity contribution in [2.24, 2.45) is 0 Å². The maximum atomic E-state index is 12.0. The number of nitrogens with one attached hydrogen (secondary N) is 2. The van der Waals surface area contributed by atoms with Crippen LogP contribution in [-0.2, 0) is 9.59 Å². The second kappa shape index (κ2) is 10.5. The van der Waals surface area contributed by atoms with Crippen molar-refractivity contribution < 1.29 is 14.3 Å². The second-order valence-corrected chi connectivity index (χ2v) is 8.69. The van der Waals surface area contributed by atoms with Crippen molar-refractivity contribution in [1.82, 2.24) is 10.3 Å². The topological polar surface area (TPSA) is 80.3 Å². The van der Waals surface area contributed by atoms with Crippen LogP contribution < -0.4 is 15.4 Å². The van der Waals surface area contributed by atoms with E-state index in [1.165, 1.54) is 23.1 Å². The minimum atomic E-state index is -0.0788. The number of anilines is 1. The molecule has 0 fully saturated rings. The van der Waals surface area contributed by atoms with Gasteiger partial charge in [0.1, 0.15) is 12.4 Å². The Morgan fingerprint density at radius 2 is 1.97 bits per heavy atom. The quantitative estimate of drug-likeness (QED) is 0.369. The molecule has 29 heavy (non-hydrogen) atoms. The van der Waals surface area contributed by atoms with Gasteiger partial charge >= 0.3 is 0 Å². The highest BCUT2D eigenvalue weighted by Crippen LogP contribution is 2.31. The lowest BCUT2D eigenvalue weighted by Gasteiger charge is -2.07. The number of carbonyl (C=O) groups excluding carboxylic acids is 2. The van der Waals surface area contributed by atoms with E-state index in [1.807, 2.05) is 25.1 Å². The maximum absolute atomic E-state index is 12.0. The standard InChI is InChI=1S/C20H20ClN3O3S2/c1-2-18(25)23-14-5-8-16-17(11-14)29-20(24-16)28-12-19(26)22-9-10-27-15-6-3-13(21)4-7-15/h3-8,11H,2,9-10,12H2,1H3,(H,22,26)(H,23,25). The monoisotopic (exact) mass is 449 g/mol. The lowest BCUT2D eigenvalue weighted by molar-refractivity contribution is -0.118. The van der Waals surface area contributed by atoms with Gasteiger partial charge in [-0.1, -0.05) is 30.3 Å². The number of benzene rings is 2. The molecular weight excluding hydrogens is 430 g/mol. The second-order valence-electron chi connectivity index (χ2n) is 6.01. The van der Waals surface area contributed by atoms with Gasteiger partial charge in [0.2, 0.25) is 11.8 Å². The molecule has 0 bridgehead atoms. The van der Waals surface area contributed by atoms with E-state index in [-0.39, 0.29) is 17.6 Å². The van der Waals surface area contributed by atoms with Crippen LogP contribution in [-0.4, -0.2) is 35.7 Å². The number of hydrogen-bond donors (Lipinski definition) is 2. The van der Waals surface area contributed by atoms with Crippen LogP contribution >= 0.6 is 34.7 Å². The molecule has 2 aromatic carbocycles. The van der Waals surface area contributed by atoms with Crippen LogP contribution in [0.25, 0.3) is 10.2 Å². The van der Waals surface area contributed by atoms with E-state index in [0.717, 1.165) is 20.2 Å². The van der Waals surface area contributed by atoms with Gasteiger partial charge in [-0.15, -0.1) is 11.3 Å². The predicted octanol–water partition coefficient (Wildman–Crippen LogP) is 4.59. The lowest BCUT2D eigenvalue weighted by Crippen LogP contribution is -2.29. The molecule has 0 aliphatic carbocycles. The molecule has 2 N–H and O–H groups in total. The third-order valence-electron chi connectivity index (χ3n) is 3.81. The van der Waals surface area contributed by atoms with Crippen LogP contribution in [0.4, 0.5) is 5.69 Å². The summed E-state index contributed by atoms with van der Waals surface area (Å²) in [6.07, 6.45) is 0.432. The molecular formula is C20H20ClN3O3S2. The van der Waals surface area contributed by atoms with E-state index in [9.17, 15) is 9.59 Å². The minimum absolute atomic E-state index is 0.0276. The highest BCUT2D eigenvalue weighted by molar-refractivity contribution is 8.01. The molecule has 2 amide bonds. The number of fused-ring (bicyclic) bond motifs is 1. The normalized spacial score (nSPS) is 10.7. The van der Waals surface area contributed by atoms with Gasteiger partial charge in [0, 0.05) is 17.1 Å². The Kier molecular flexibility index (Phi) is 7.74. The van der Waals surface area contributed by atoms with Crippen molar-refractivity contribution in [3.63, 3.8) is 0 Å². The van der Waals surface area contributed by atoms with E-state index in [1.54, 1.807) is 24.3 Å². The van der Waals surface area contributed by atoms with E-state index >= 15 is 0 Å². The molecule has 152 valence electrons. The zero-order chi connectivity index (χ0) is 20.6. The van der Waals surface area contributed by atoms with Gasteiger partial charge in [0.05, 0.1) is 22.5 Å². The molecule has 0 aliphatic rings. The Bertz CT molecular complexity index is 992. The molecule has 0 spiro atoms. The fourth-order valence-corrected chi connectivity index (χ4v) is 4.42. The number of thioether (sulfide) groups is 1. The smallest absolute Gasteiger partial charge is 0.230 e. The summed E-state index contributed by atoms with van der Waals surface area (Å²) in [4.78, 5) is 28.1. The Labute approximate surface area is 182 Å². The summed E-state index contributed by atoms with van der Waals surface area (Å²) in [7, 11) is 0. The first kappa shape index (κ1) is 21.4. The molecule has 9 heteroatoms. The van der Waals surface area contributed by atoms with E-state index < -0.39 is 0 Å². The molecule has 3 aromatic rings. The van der Waals surface area contributed by atoms with E-state index in [0.29, 0.717) is 30.3 Å². The van der Waals surface area contributed by atoms with Crippen LogP contribution in [0.5, 0.6) is 5.75 Å². The van der Waals surface area contributed by atoms with Crippen LogP contribution in [0.3, 0.4) is 0 Å². The van der Waals surface area contributed by atoms with Gasteiger partial charge in [-0.05, 0) is 42.5 Å². The first-order chi connectivity index (χ1) is 14.0. The predicted molar refractivity (Wildman–Crippen MR) is 119 cm³/mol. The van der Waals surface area contributed by atoms with Crippen LogP contribution in [0.2, 0.25) is 5.02 Å². The number of rotatable bonds is 9. The van der Waals surface area contributed by atoms with Crippen LogP contribution in [0, 0.1) is 0 Å². The highest BCUT2D eigenvalue weighted by atomic mass is 35.5. The van der Waals surface area contributed by atoms with Crippen molar-refractivity contribution in [3.05, 3.63) is 47.5 Å². The van der Waals surface area contributed by atoms with Crippen molar-refractivity contribution in [3.8, 4) is 5.75 Å². The summed E-state index contributed by atoms with van der Waals surface area (Å²) >= 11 is 8.71. The van der Waals surface area contributed by atoms with Gasteiger partial charge < -0.3 is 15.4 Å². The number of halogens is 1. The molecule has 3 rings (SSSR count). The number of nitrogens with zero attached hydrogens (tertiary/aromatic N) is 1. The molecule has 6 nitrogen and oxygen atoms in total. The first-order valence-corrected chi connectivity index (χ1v) is 11.2. The number of hydrogen-bond acceptors (Lipinski definition) is 6.